The minimum atomic E-state index is -1.17. The second kappa shape index (κ2) is 6.23. The van der Waals surface area contributed by atoms with Gasteiger partial charge in [-0.3, -0.25) is 9.59 Å². The highest BCUT2D eigenvalue weighted by molar-refractivity contribution is 5.97. The van der Waals surface area contributed by atoms with Gasteiger partial charge in [-0.05, 0) is 24.3 Å². The number of hydrogen-bond acceptors (Lipinski definition) is 5. The van der Waals surface area contributed by atoms with Crippen molar-refractivity contribution in [2.75, 3.05) is 6.54 Å². The highest BCUT2D eigenvalue weighted by Crippen LogP contribution is 2.27. The van der Waals surface area contributed by atoms with Crippen LogP contribution in [0.1, 0.15) is 43.2 Å². The van der Waals surface area contributed by atoms with Crippen molar-refractivity contribution in [2.24, 2.45) is 5.41 Å². The molecule has 0 aromatic carbocycles. The summed E-state index contributed by atoms with van der Waals surface area (Å²) in [7, 11) is 0. The van der Waals surface area contributed by atoms with Crippen LogP contribution >= 0.6 is 0 Å². The Kier molecular flexibility index (Phi) is 4.53. The van der Waals surface area contributed by atoms with Gasteiger partial charge in [0.2, 0.25) is 0 Å². The molecule has 2 rings (SSSR count). The molecule has 8 nitrogen and oxygen atoms in total. The minimum absolute atomic E-state index is 0.115. The third-order valence-electron chi connectivity index (χ3n) is 3.36. The number of carbonyl (C=O) groups excluding carboxylic acids is 1. The Hall–Kier alpha value is -2.64. The monoisotopic (exact) mass is 320 g/mol. The number of aromatic nitrogens is 3. The number of nitrogens with zero attached hydrogens (tertiary/aromatic N) is 3. The van der Waals surface area contributed by atoms with Gasteiger partial charge in [0.05, 0.1) is 0 Å². The smallest absolute Gasteiger partial charge is 0.322 e. The first kappa shape index (κ1) is 16.7. The van der Waals surface area contributed by atoms with E-state index in [0.717, 1.165) is 12.0 Å². The van der Waals surface area contributed by atoms with Crippen molar-refractivity contribution in [3.05, 3.63) is 23.7 Å². The zero-order valence-corrected chi connectivity index (χ0v) is 13.3. The van der Waals surface area contributed by atoms with Crippen LogP contribution in [-0.2, 0) is 11.2 Å². The summed E-state index contributed by atoms with van der Waals surface area (Å²) in [6.07, 6.45) is 2.85. The number of hydrogen-bond donors (Lipinski definition) is 3. The van der Waals surface area contributed by atoms with Gasteiger partial charge >= 0.3 is 5.97 Å². The van der Waals surface area contributed by atoms with Crippen LogP contribution in [-0.4, -0.2) is 43.2 Å². The van der Waals surface area contributed by atoms with Crippen molar-refractivity contribution in [1.82, 2.24) is 19.9 Å². The number of nitrogens with one attached hydrogen (secondary N) is 1. The first-order chi connectivity index (χ1) is 10.7. The molecule has 0 saturated carbocycles. The first-order valence-corrected chi connectivity index (χ1v) is 7.23. The lowest BCUT2D eigenvalue weighted by Gasteiger charge is -2.18. The molecule has 124 valence electrons. The predicted molar refractivity (Wildman–Crippen MR) is 82.4 cm³/mol. The van der Waals surface area contributed by atoms with Crippen LogP contribution in [0.25, 0.3) is 5.65 Å². The summed E-state index contributed by atoms with van der Waals surface area (Å²) in [6, 6.07) is 1.49. The van der Waals surface area contributed by atoms with Gasteiger partial charge in [0.25, 0.3) is 5.91 Å². The average molecular weight is 320 g/mol. The number of amides is 1. The van der Waals surface area contributed by atoms with E-state index in [1.807, 2.05) is 0 Å². The SMILES string of the molecule is CC(C)(C)CCc1cc(O)c(C(=O)NCC(=O)O)n2ncnc12. The summed E-state index contributed by atoms with van der Waals surface area (Å²) >= 11 is 0. The lowest BCUT2D eigenvalue weighted by atomic mass is 9.89. The number of carboxylic acids is 1. The van der Waals surface area contributed by atoms with Gasteiger partial charge in [0.15, 0.2) is 11.3 Å². The maximum absolute atomic E-state index is 12.1. The molecule has 0 atom stereocenters. The third-order valence-corrected chi connectivity index (χ3v) is 3.36. The number of aryl methyl sites for hydroxylation is 1. The Labute approximate surface area is 133 Å². The van der Waals surface area contributed by atoms with Crippen LogP contribution in [0, 0.1) is 5.41 Å². The second-order valence-electron chi connectivity index (χ2n) is 6.54. The molecule has 2 heterocycles. The number of fused-ring (bicyclic) bond motifs is 1. The van der Waals surface area contributed by atoms with E-state index in [0.29, 0.717) is 12.1 Å². The Bertz CT molecular complexity index is 746. The molecule has 0 saturated heterocycles. The Morgan fingerprint density at radius 3 is 2.65 bits per heavy atom. The van der Waals surface area contributed by atoms with Gasteiger partial charge in [0.1, 0.15) is 18.6 Å². The van der Waals surface area contributed by atoms with Crippen molar-refractivity contribution in [1.29, 1.82) is 0 Å². The van der Waals surface area contributed by atoms with Crippen molar-refractivity contribution < 1.29 is 19.8 Å². The molecule has 0 aliphatic heterocycles. The normalized spacial score (nSPS) is 11.6. The molecule has 0 aliphatic carbocycles. The molecule has 23 heavy (non-hydrogen) atoms. The number of rotatable bonds is 5. The lowest BCUT2D eigenvalue weighted by molar-refractivity contribution is -0.135. The molecule has 8 heteroatoms. The van der Waals surface area contributed by atoms with Crippen molar-refractivity contribution in [3.63, 3.8) is 0 Å². The Balaban J connectivity index is 2.38. The molecule has 0 fully saturated rings. The lowest BCUT2D eigenvalue weighted by Crippen LogP contribution is -2.31. The van der Waals surface area contributed by atoms with Crippen LogP contribution in [0.2, 0.25) is 0 Å². The van der Waals surface area contributed by atoms with Crippen LogP contribution in [0.15, 0.2) is 12.4 Å². The largest absolute Gasteiger partial charge is 0.505 e. The summed E-state index contributed by atoms with van der Waals surface area (Å²) in [5, 5.41) is 25.0. The zero-order valence-electron chi connectivity index (χ0n) is 13.3. The number of carboxylic acid groups (broad SMARTS) is 1. The topological polar surface area (TPSA) is 117 Å². The van der Waals surface area contributed by atoms with Gasteiger partial charge < -0.3 is 15.5 Å². The van der Waals surface area contributed by atoms with Gasteiger partial charge in [-0.25, -0.2) is 9.50 Å². The second-order valence-corrected chi connectivity index (χ2v) is 6.54. The summed E-state index contributed by atoms with van der Waals surface area (Å²) in [6.45, 7) is 5.80. The molecular weight excluding hydrogens is 300 g/mol. The molecule has 0 aliphatic rings. The highest BCUT2D eigenvalue weighted by Gasteiger charge is 2.21. The van der Waals surface area contributed by atoms with E-state index in [2.05, 4.69) is 36.2 Å². The highest BCUT2D eigenvalue weighted by atomic mass is 16.4. The van der Waals surface area contributed by atoms with Crippen LogP contribution in [0.3, 0.4) is 0 Å². The van der Waals surface area contributed by atoms with Crippen LogP contribution in [0.4, 0.5) is 0 Å². The third kappa shape index (κ3) is 3.97. The Morgan fingerprint density at radius 2 is 2.04 bits per heavy atom. The molecule has 1 amide bonds. The fourth-order valence-electron chi connectivity index (χ4n) is 2.18. The van der Waals surface area contributed by atoms with Crippen LogP contribution in [0.5, 0.6) is 5.75 Å². The quantitative estimate of drug-likeness (QED) is 0.763. The summed E-state index contributed by atoms with van der Waals surface area (Å²) in [5.74, 6) is -2.15. The number of aliphatic carboxylic acids is 1. The van der Waals surface area contributed by atoms with E-state index < -0.39 is 18.4 Å². The van der Waals surface area contributed by atoms with Gasteiger partial charge in [-0.15, -0.1) is 0 Å². The maximum Gasteiger partial charge on any atom is 0.322 e. The molecular formula is C15H20N4O4. The van der Waals surface area contributed by atoms with Crippen molar-refractivity contribution >= 4 is 17.5 Å². The number of aromatic hydroxyl groups is 1. The van der Waals surface area contributed by atoms with Gasteiger partial charge in [-0.2, -0.15) is 5.10 Å². The Morgan fingerprint density at radius 1 is 1.35 bits per heavy atom. The van der Waals surface area contributed by atoms with E-state index in [9.17, 15) is 14.7 Å². The van der Waals surface area contributed by atoms with E-state index in [4.69, 9.17) is 5.11 Å². The first-order valence-electron chi connectivity index (χ1n) is 7.23. The summed E-state index contributed by atoms with van der Waals surface area (Å²) in [4.78, 5) is 26.8. The molecule has 2 aromatic rings. The molecule has 2 aromatic heterocycles. The maximum atomic E-state index is 12.1. The molecule has 0 radical (unpaired) electrons. The summed E-state index contributed by atoms with van der Waals surface area (Å²) in [5.41, 5.74) is 1.25. The minimum Gasteiger partial charge on any atom is -0.505 e. The molecule has 0 bridgehead atoms. The standard InChI is InChI=1S/C15H20N4O4/c1-15(2,3)5-4-9-6-10(20)12(14(23)16-7-11(21)22)19-13(9)17-8-18-19/h6,8,20H,4-5,7H2,1-3H3,(H,16,23)(H,21,22). The molecule has 3 N–H and O–H groups in total. The van der Waals surface area contributed by atoms with Gasteiger partial charge in [-0.1, -0.05) is 20.8 Å². The predicted octanol–water partition coefficient (Wildman–Crippen LogP) is 1.23. The fraction of sp³-hybridized carbons (Fsp3) is 0.467. The van der Waals surface area contributed by atoms with Gasteiger partial charge in [0, 0.05) is 5.56 Å². The number of carbonyl (C=O) groups is 2. The van der Waals surface area contributed by atoms with E-state index >= 15 is 0 Å². The fourth-order valence-corrected chi connectivity index (χ4v) is 2.18. The zero-order chi connectivity index (χ0) is 17.2. The van der Waals surface area contributed by atoms with E-state index in [-0.39, 0.29) is 16.9 Å². The van der Waals surface area contributed by atoms with E-state index in [1.54, 1.807) is 0 Å². The average Bonchev–Trinajstić information content (AvgIpc) is 2.90. The molecule has 0 spiro atoms. The molecule has 0 unspecified atom stereocenters. The summed E-state index contributed by atoms with van der Waals surface area (Å²) < 4.78 is 1.24. The van der Waals surface area contributed by atoms with Crippen molar-refractivity contribution in [3.8, 4) is 5.75 Å². The van der Waals surface area contributed by atoms with E-state index in [1.165, 1.54) is 16.9 Å². The van der Waals surface area contributed by atoms with Crippen molar-refractivity contribution in [2.45, 2.75) is 33.6 Å². The number of pyridine rings is 1. The van der Waals surface area contributed by atoms with Crippen LogP contribution < -0.4 is 5.32 Å².